The minimum Gasteiger partial charge on any atom is -0.493 e. The SMILES string of the molecule is CCCCCCOc1ccc(C(=O)NCc2ccc(C(=O)N(C)C(C)C)cc2)cc1OC. The highest BCUT2D eigenvalue weighted by Crippen LogP contribution is 2.28. The van der Waals surface area contributed by atoms with Crippen LogP contribution in [-0.2, 0) is 6.54 Å². The molecule has 2 aromatic rings. The number of unbranched alkanes of at least 4 members (excludes halogenated alkanes) is 3. The maximum Gasteiger partial charge on any atom is 0.253 e. The largest absolute Gasteiger partial charge is 0.493 e. The number of amides is 2. The van der Waals surface area contributed by atoms with Crippen LogP contribution < -0.4 is 14.8 Å². The molecule has 0 bridgehead atoms. The van der Waals surface area contributed by atoms with Gasteiger partial charge < -0.3 is 19.7 Å². The van der Waals surface area contributed by atoms with E-state index in [9.17, 15) is 9.59 Å². The summed E-state index contributed by atoms with van der Waals surface area (Å²) < 4.78 is 11.2. The molecule has 1 N–H and O–H groups in total. The summed E-state index contributed by atoms with van der Waals surface area (Å²) in [5.74, 6) is 0.977. The van der Waals surface area contributed by atoms with Crippen LogP contribution in [0.2, 0.25) is 0 Å². The first-order valence-electron chi connectivity index (χ1n) is 11.3. The molecule has 0 heterocycles. The summed E-state index contributed by atoms with van der Waals surface area (Å²) in [7, 11) is 3.36. The van der Waals surface area contributed by atoms with Crippen molar-refractivity contribution in [3.63, 3.8) is 0 Å². The minimum atomic E-state index is -0.197. The van der Waals surface area contributed by atoms with Gasteiger partial charge >= 0.3 is 0 Å². The number of carbonyl (C=O) groups excluding carboxylic acids is 2. The third-order valence-electron chi connectivity index (χ3n) is 5.43. The summed E-state index contributed by atoms with van der Waals surface area (Å²) in [5, 5.41) is 2.91. The van der Waals surface area contributed by atoms with Gasteiger partial charge in [0.25, 0.3) is 11.8 Å². The highest BCUT2D eigenvalue weighted by atomic mass is 16.5. The molecule has 6 heteroatoms. The number of carbonyl (C=O) groups is 2. The van der Waals surface area contributed by atoms with Crippen LogP contribution in [0.5, 0.6) is 11.5 Å². The van der Waals surface area contributed by atoms with Crippen LogP contribution in [0.3, 0.4) is 0 Å². The molecule has 0 aliphatic rings. The molecule has 0 spiro atoms. The van der Waals surface area contributed by atoms with Gasteiger partial charge in [0.1, 0.15) is 0 Å². The fraction of sp³-hybridized carbons (Fsp3) is 0.462. The number of nitrogens with zero attached hydrogens (tertiary/aromatic N) is 1. The van der Waals surface area contributed by atoms with Crippen molar-refractivity contribution in [2.24, 2.45) is 0 Å². The third kappa shape index (κ3) is 7.29. The molecule has 0 atom stereocenters. The second kappa shape index (κ2) is 12.7. The van der Waals surface area contributed by atoms with Crippen molar-refractivity contribution in [1.29, 1.82) is 0 Å². The zero-order chi connectivity index (χ0) is 23.5. The number of benzene rings is 2. The Bertz CT molecular complexity index is 878. The lowest BCUT2D eigenvalue weighted by Gasteiger charge is -2.21. The van der Waals surface area contributed by atoms with Crippen molar-refractivity contribution in [3.8, 4) is 11.5 Å². The van der Waals surface area contributed by atoms with Crippen molar-refractivity contribution in [3.05, 3.63) is 59.2 Å². The van der Waals surface area contributed by atoms with Crippen LogP contribution in [-0.4, -0.2) is 43.5 Å². The van der Waals surface area contributed by atoms with E-state index in [0.717, 1.165) is 18.4 Å². The summed E-state index contributed by atoms with van der Waals surface area (Å²) in [5.41, 5.74) is 2.05. The van der Waals surface area contributed by atoms with Gasteiger partial charge in [0.05, 0.1) is 13.7 Å². The van der Waals surface area contributed by atoms with Crippen molar-refractivity contribution < 1.29 is 19.1 Å². The van der Waals surface area contributed by atoms with Crippen molar-refractivity contribution >= 4 is 11.8 Å². The summed E-state index contributed by atoms with van der Waals surface area (Å²) >= 11 is 0. The number of methoxy groups -OCH3 is 1. The first kappa shape index (κ1) is 25.2. The Kier molecular flexibility index (Phi) is 10.1. The van der Waals surface area contributed by atoms with Gasteiger partial charge in [-0.3, -0.25) is 9.59 Å². The summed E-state index contributed by atoms with van der Waals surface area (Å²) in [4.78, 5) is 26.7. The zero-order valence-electron chi connectivity index (χ0n) is 19.9. The third-order valence-corrected chi connectivity index (χ3v) is 5.43. The van der Waals surface area contributed by atoms with E-state index in [1.807, 2.05) is 26.0 Å². The number of nitrogens with one attached hydrogen (secondary N) is 1. The van der Waals surface area contributed by atoms with Gasteiger partial charge in [-0.15, -0.1) is 0 Å². The molecule has 0 saturated heterocycles. The van der Waals surface area contributed by atoms with E-state index in [0.29, 0.717) is 35.8 Å². The van der Waals surface area contributed by atoms with Crippen LogP contribution in [0, 0.1) is 0 Å². The van der Waals surface area contributed by atoms with Crippen molar-refractivity contribution in [2.75, 3.05) is 20.8 Å². The van der Waals surface area contributed by atoms with Crippen molar-refractivity contribution in [1.82, 2.24) is 10.2 Å². The predicted octanol–water partition coefficient (Wildman–Crippen LogP) is 5.06. The number of ether oxygens (including phenoxy) is 2. The number of hydrogen-bond acceptors (Lipinski definition) is 4. The maximum absolute atomic E-state index is 12.6. The monoisotopic (exact) mass is 440 g/mol. The maximum atomic E-state index is 12.6. The fourth-order valence-corrected chi connectivity index (χ4v) is 3.13. The van der Waals surface area contributed by atoms with E-state index in [4.69, 9.17) is 9.47 Å². The lowest BCUT2D eigenvalue weighted by atomic mass is 10.1. The van der Waals surface area contributed by atoms with Crippen LogP contribution in [0.1, 0.15) is 72.7 Å². The highest BCUT2D eigenvalue weighted by molar-refractivity contribution is 5.95. The Morgan fingerprint density at radius 2 is 1.66 bits per heavy atom. The van der Waals surface area contributed by atoms with Crippen LogP contribution in [0.25, 0.3) is 0 Å². The second-order valence-corrected chi connectivity index (χ2v) is 8.16. The Balaban J connectivity index is 1.92. The molecule has 0 unspecified atom stereocenters. The Hall–Kier alpha value is -3.02. The Morgan fingerprint density at radius 3 is 2.28 bits per heavy atom. The van der Waals surface area contributed by atoms with Gasteiger partial charge in [0, 0.05) is 30.8 Å². The van der Waals surface area contributed by atoms with Crippen LogP contribution in [0.15, 0.2) is 42.5 Å². The van der Waals surface area contributed by atoms with Crippen molar-refractivity contribution in [2.45, 2.75) is 59.0 Å². The highest BCUT2D eigenvalue weighted by Gasteiger charge is 2.14. The molecule has 0 saturated carbocycles. The molecular weight excluding hydrogens is 404 g/mol. The molecule has 32 heavy (non-hydrogen) atoms. The first-order valence-corrected chi connectivity index (χ1v) is 11.3. The van der Waals surface area contributed by atoms with Gasteiger partial charge in [-0.1, -0.05) is 38.3 Å². The van der Waals surface area contributed by atoms with E-state index in [2.05, 4.69) is 12.2 Å². The lowest BCUT2D eigenvalue weighted by Crippen LogP contribution is -2.32. The summed E-state index contributed by atoms with van der Waals surface area (Å²) in [6.07, 6.45) is 4.53. The van der Waals surface area contributed by atoms with Gasteiger partial charge in [-0.05, 0) is 56.2 Å². The molecule has 0 fully saturated rings. The molecule has 6 nitrogen and oxygen atoms in total. The smallest absolute Gasteiger partial charge is 0.253 e. The predicted molar refractivity (Wildman–Crippen MR) is 127 cm³/mol. The van der Waals surface area contributed by atoms with Gasteiger partial charge in [-0.2, -0.15) is 0 Å². The molecule has 0 aliphatic carbocycles. The molecular formula is C26H36N2O4. The number of rotatable bonds is 12. The molecule has 0 aliphatic heterocycles. The van der Waals surface area contributed by atoms with E-state index in [1.54, 1.807) is 49.4 Å². The van der Waals surface area contributed by atoms with Crippen LogP contribution in [0.4, 0.5) is 0 Å². The molecule has 2 amide bonds. The molecule has 174 valence electrons. The van der Waals surface area contributed by atoms with Gasteiger partial charge in [0.15, 0.2) is 11.5 Å². The van der Waals surface area contributed by atoms with E-state index in [-0.39, 0.29) is 17.9 Å². The topological polar surface area (TPSA) is 67.9 Å². The average molecular weight is 441 g/mol. The van der Waals surface area contributed by atoms with Gasteiger partial charge in [-0.25, -0.2) is 0 Å². The summed E-state index contributed by atoms with van der Waals surface area (Å²) in [6, 6.07) is 12.6. The summed E-state index contributed by atoms with van der Waals surface area (Å²) in [6.45, 7) is 7.13. The quantitative estimate of drug-likeness (QED) is 0.468. The average Bonchev–Trinajstić information content (AvgIpc) is 2.81. The molecule has 2 aromatic carbocycles. The fourth-order valence-electron chi connectivity index (χ4n) is 3.13. The van der Waals surface area contributed by atoms with Crippen LogP contribution >= 0.6 is 0 Å². The normalized spacial score (nSPS) is 10.7. The Morgan fingerprint density at radius 1 is 0.969 bits per heavy atom. The Labute approximate surface area is 191 Å². The second-order valence-electron chi connectivity index (χ2n) is 8.16. The van der Waals surface area contributed by atoms with E-state index >= 15 is 0 Å². The zero-order valence-corrected chi connectivity index (χ0v) is 19.9. The lowest BCUT2D eigenvalue weighted by molar-refractivity contribution is 0.0754. The van der Waals surface area contributed by atoms with E-state index < -0.39 is 0 Å². The van der Waals surface area contributed by atoms with E-state index in [1.165, 1.54) is 12.8 Å². The first-order chi connectivity index (χ1) is 15.4. The standard InChI is InChI=1S/C26H36N2O4/c1-6-7-8-9-16-32-23-15-14-22(17-24(23)31-5)25(29)27-18-20-10-12-21(13-11-20)26(30)28(4)19(2)3/h10-15,17,19H,6-9,16,18H2,1-5H3,(H,27,29). The molecule has 2 rings (SSSR count). The number of hydrogen-bond donors (Lipinski definition) is 1. The van der Waals surface area contributed by atoms with Gasteiger partial charge in [0.2, 0.25) is 0 Å². The molecule has 0 radical (unpaired) electrons. The minimum absolute atomic E-state index is 0.0182. The molecule has 0 aromatic heterocycles.